The highest BCUT2D eigenvalue weighted by molar-refractivity contribution is 4.86. The molecule has 1 aliphatic carbocycles. The summed E-state index contributed by atoms with van der Waals surface area (Å²) in [6, 6.07) is 1.73. The first-order chi connectivity index (χ1) is 8.81. The van der Waals surface area contributed by atoms with E-state index in [0.29, 0.717) is 0 Å². The van der Waals surface area contributed by atoms with Gasteiger partial charge < -0.3 is 10.2 Å². The smallest absolute Gasteiger partial charge is 0.0223 e. The van der Waals surface area contributed by atoms with Gasteiger partial charge in [0.1, 0.15) is 0 Å². The molecule has 0 aromatic rings. The van der Waals surface area contributed by atoms with Crippen LogP contribution in [-0.2, 0) is 0 Å². The Morgan fingerprint density at radius 1 is 1.11 bits per heavy atom. The minimum absolute atomic E-state index is 0.804. The summed E-state index contributed by atoms with van der Waals surface area (Å²) in [5.74, 6) is 0.804. The maximum absolute atomic E-state index is 3.67. The molecule has 3 heteroatoms. The van der Waals surface area contributed by atoms with E-state index in [1.54, 1.807) is 0 Å². The van der Waals surface area contributed by atoms with Crippen LogP contribution in [0.2, 0.25) is 0 Å². The van der Waals surface area contributed by atoms with Gasteiger partial charge in [-0.15, -0.1) is 0 Å². The van der Waals surface area contributed by atoms with Crippen molar-refractivity contribution in [2.45, 2.75) is 51.1 Å². The molecule has 3 fully saturated rings. The van der Waals surface area contributed by atoms with Crippen molar-refractivity contribution in [2.75, 3.05) is 39.3 Å². The molecule has 0 bridgehead atoms. The minimum atomic E-state index is 0.804. The van der Waals surface area contributed by atoms with Gasteiger partial charge in [-0.1, -0.05) is 6.92 Å². The van der Waals surface area contributed by atoms with Crippen molar-refractivity contribution in [3.05, 3.63) is 0 Å². The molecule has 18 heavy (non-hydrogen) atoms. The summed E-state index contributed by atoms with van der Waals surface area (Å²) in [6.07, 6.45) is 7.06. The molecule has 3 aliphatic rings. The van der Waals surface area contributed by atoms with Crippen LogP contribution in [0.5, 0.6) is 0 Å². The zero-order chi connectivity index (χ0) is 12.4. The molecule has 0 radical (unpaired) electrons. The normalized spacial score (nSPS) is 32.2. The second-order valence-corrected chi connectivity index (χ2v) is 6.73. The molecule has 2 unspecified atom stereocenters. The standard InChI is InChI=1S/C15H29N3/c1-13(10-16-14-5-6-14)11-17-7-3-9-18-8-2-4-15(18)12-17/h13-16H,2-12H2,1H3. The zero-order valence-corrected chi connectivity index (χ0v) is 11.9. The molecule has 0 aromatic carbocycles. The molecule has 2 saturated heterocycles. The van der Waals surface area contributed by atoms with Crippen molar-refractivity contribution in [2.24, 2.45) is 5.92 Å². The van der Waals surface area contributed by atoms with Crippen LogP contribution in [0.4, 0.5) is 0 Å². The first-order valence-electron chi connectivity index (χ1n) is 8.01. The van der Waals surface area contributed by atoms with Gasteiger partial charge in [0.2, 0.25) is 0 Å². The van der Waals surface area contributed by atoms with Gasteiger partial charge in [0, 0.05) is 25.2 Å². The van der Waals surface area contributed by atoms with Gasteiger partial charge >= 0.3 is 0 Å². The van der Waals surface area contributed by atoms with Gasteiger partial charge in [0.25, 0.3) is 0 Å². The van der Waals surface area contributed by atoms with Crippen LogP contribution in [0.1, 0.15) is 39.0 Å². The molecule has 104 valence electrons. The van der Waals surface area contributed by atoms with Gasteiger partial charge in [-0.2, -0.15) is 0 Å². The van der Waals surface area contributed by atoms with Gasteiger partial charge in [-0.3, -0.25) is 4.90 Å². The van der Waals surface area contributed by atoms with Gasteiger partial charge in [0.15, 0.2) is 0 Å². The molecule has 2 heterocycles. The van der Waals surface area contributed by atoms with E-state index in [1.165, 1.54) is 71.4 Å². The monoisotopic (exact) mass is 251 g/mol. The Kier molecular flexibility index (Phi) is 4.22. The van der Waals surface area contributed by atoms with Gasteiger partial charge in [-0.25, -0.2) is 0 Å². The molecule has 0 amide bonds. The third-order valence-electron chi connectivity index (χ3n) is 4.79. The number of nitrogens with zero attached hydrogens (tertiary/aromatic N) is 2. The topological polar surface area (TPSA) is 18.5 Å². The van der Waals surface area contributed by atoms with Crippen LogP contribution in [0.15, 0.2) is 0 Å². The molecule has 2 aliphatic heterocycles. The maximum Gasteiger partial charge on any atom is 0.0223 e. The third-order valence-corrected chi connectivity index (χ3v) is 4.79. The van der Waals surface area contributed by atoms with Gasteiger partial charge in [0.05, 0.1) is 0 Å². The summed E-state index contributed by atoms with van der Waals surface area (Å²) < 4.78 is 0. The fourth-order valence-electron chi connectivity index (χ4n) is 3.61. The lowest BCUT2D eigenvalue weighted by molar-refractivity contribution is 0.201. The largest absolute Gasteiger partial charge is 0.314 e. The first-order valence-corrected chi connectivity index (χ1v) is 8.01. The van der Waals surface area contributed by atoms with E-state index in [2.05, 4.69) is 22.0 Å². The predicted octanol–water partition coefficient (Wildman–Crippen LogP) is 1.54. The summed E-state index contributed by atoms with van der Waals surface area (Å²) >= 11 is 0. The average molecular weight is 251 g/mol. The highest BCUT2D eigenvalue weighted by atomic mass is 15.3. The lowest BCUT2D eigenvalue weighted by Gasteiger charge is -2.27. The van der Waals surface area contributed by atoms with E-state index in [1.807, 2.05) is 0 Å². The van der Waals surface area contributed by atoms with Crippen molar-refractivity contribution >= 4 is 0 Å². The number of hydrogen-bond acceptors (Lipinski definition) is 3. The molecular formula is C15H29N3. The van der Waals surface area contributed by atoms with Crippen LogP contribution < -0.4 is 5.32 Å². The van der Waals surface area contributed by atoms with Crippen molar-refractivity contribution in [3.63, 3.8) is 0 Å². The van der Waals surface area contributed by atoms with Crippen LogP contribution in [-0.4, -0.2) is 61.2 Å². The van der Waals surface area contributed by atoms with E-state index < -0.39 is 0 Å². The van der Waals surface area contributed by atoms with E-state index in [9.17, 15) is 0 Å². The second-order valence-electron chi connectivity index (χ2n) is 6.73. The minimum Gasteiger partial charge on any atom is -0.314 e. The summed E-state index contributed by atoms with van der Waals surface area (Å²) in [5.41, 5.74) is 0. The molecule has 3 nitrogen and oxygen atoms in total. The average Bonchev–Trinajstić information content (AvgIpc) is 3.12. The van der Waals surface area contributed by atoms with Crippen molar-refractivity contribution < 1.29 is 0 Å². The summed E-state index contributed by atoms with van der Waals surface area (Å²) in [5, 5.41) is 3.67. The molecule has 1 N–H and O–H groups in total. The zero-order valence-electron chi connectivity index (χ0n) is 11.9. The summed E-state index contributed by atoms with van der Waals surface area (Å²) in [7, 11) is 0. The Morgan fingerprint density at radius 3 is 2.78 bits per heavy atom. The lowest BCUT2D eigenvalue weighted by atomic mass is 10.1. The Hall–Kier alpha value is -0.120. The molecule has 2 atom stereocenters. The number of nitrogens with one attached hydrogen (secondary N) is 1. The molecule has 0 spiro atoms. The second kappa shape index (κ2) is 5.89. The van der Waals surface area contributed by atoms with Crippen molar-refractivity contribution in [3.8, 4) is 0 Å². The number of fused-ring (bicyclic) bond motifs is 1. The Morgan fingerprint density at radius 2 is 1.94 bits per heavy atom. The third kappa shape index (κ3) is 3.46. The first kappa shape index (κ1) is 12.9. The van der Waals surface area contributed by atoms with Crippen molar-refractivity contribution in [1.29, 1.82) is 0 Å². The van der Waals surface area contributed by atoms with E-state index in [4.69, 9.17) is 0 Å². The van der Waals surface area contributed by atoms with Gasteiger partial charge in [-0.05, 0) is 64.2 Å². The van der Waals surface area contributed by atoms with E-state index in [-0.39, 0.29) is 0 Å². The summed E-state index contributed by atoms with van der Waals surface area (Å²) in [4.78, 5) is 5.46. The Labute approximate surface area is 112 Å². The Bertz CT molecular complexity index is 264. The molecule has 1 saturated carbocycles. The highest BCUT2D eigenvalue weighted by Crippen LogP contribution is 2.22. The quantitative estimate of drug-likeness (QED) is 0.800. The fraction of sp³-hybridized carbons (Fsp3) is 1.00. The fourth-order valence-corrected chi connectivity index (χ4v) is 3.61. The SMILES string of the molecule is CC(CNC1CC1)CN1CCCN2CCCC2C1. The lowest BCUT2D eigenvalue weighted by Crippen LogP contribution is -2.40. The predicted molar refractivity (Wildman–Crippen MR) is 75.8 cm³/mol. The maximum atomic E-state index is 3.67. The molecule has 0 aromatic heterocycles. The van der Waals surface area contributed by atoms with Crippen LogP contribution >= 0.6 is 0 Å². The highest BCUT2D eigenvalue weighted by Gasteiger charge is 2.29. The van der Waals surface area contributed by atoms with E-state index in [0.717, 1.165) is 18.0 Å². The van der Waals surface area contributed by atoms with E-state index >= 15 is 0 Å². The Balaban J connectivity index is 1.42. The summed E-state index contributed by atoms with van der Waals surface area (Å²) in [6.45, 7) is 10.3. The van der Waals surface area contributed by atoms with Crippen LogP contribution in [0.25, 0.3) is 0 Å². The van der Waals surface area contributed by atoms with Crippen molar-refractivity contribution in [1.82, 2.24) is 15.1 Å². The molecular weight excluding hydrogens is 222 g/mol. The molecule has 3 rings (SSSR count). The van der Waals surface area contributed by atoms with Crippen LogP contribution in [0.3, 0.4) is 0 Å². The number of rotatable bonds is 5. The van der Waals surface area contributed by atoms with Crippen LogP contribution in [0, 0.1) is 5.92 Å². The number of hydrogen-bond donors (Lipinski definition) is 1.